The molecule has 0 fully saturated rings. The molecule has 8 heteroatoms. The van der Waals surface area contributed by atoms with Crippen molar-refractivity contribution in [2.45, 2.75) is 32.1 Å². The fraction of sp³-hybridized carbons (Fsp3) is 0.833. The minimum Gasteiger partial charge on any atom is -0.324 e. The second-order valence-corrected chi connectivity index (χ2v) is 2.91. The van der Waals surface area contributed by atoms with Crippen LogP contribution in [0.4, 0.5) is 13.2 Å². The first-order valence-corrected chi connectivity index (χ1v) is 3.97. The quantitative estimate of drug-likeness (QED) is 0.793. The van der Waals surface area contributed by atoms with Crippen LogP contribution < -0.4 is 5.73 Å². The van der Waals surface area contributed by atoms with Gasteiger partial charge in [-0.15, -0.1) is 5.10 Å². The van der Waals surface area contributed by atoms with Gasteiger partial charge in [-0.25, -0.2) is 4.68 Å². The standard InChI is InChI=1S/C6H10F3N5/c1-4(2-6(7,8)9)14-5(3-10)11-12-13-14/h4H,2-3,10H2,1H3. The summed E-state index contributed by atoms with van der Waals surface area (Å²) in [5, 5.41) is 10.2. The summed E-state index contributed by atoms with van der Waals surface area (Å²) in [4.78, 5) is 0. The van der Waals surface area contributed by atoms with Crippen molar-refractivity contribution in [3.05, 3.63) is 5.82 Å². The Morgan fingerprint density at radius 1 is 1.50 bits per heavy atom. The van der Waals surface area contributed by atoms with Gasteiger partial charge in [0.15, 0.2) is 5.82 Å². The molecule has 0 amide bonds. The van der Waals surface area contributed by atoms with Crippen molar-refractivity contribution in [2.24, 2.45) is 5.73 Å². The van der Waals surface area contributed by atoms with Gasteiger partial charge in [0, 0.05) is 0 Å². The lowest BCUT2D eigenvalue weighted by Crippen LogP contribution is -2.20. The number of hydrogen-bond acceptors (Lipinski definition) is 4. The van der Waals surface area contributed by atoms with Crippen LogP contribution in [0.3, 0.4) is 0 Å². The summed E-state index contributed by atoms with van der Waals surface area (Å²) < 4.78 is 37.2. The molecule has 1 rings (SSSR count). The molecule has 5 nitrogen and oxygen atoms in total. The Kier molecular flexibility index (Phi) is 3.04. The van der Waals surface area contributed by atoms with E-state index < -0.39 is 18.6 Å². The first kappa shape index (κ1) is 10.9. The molecule has 1 atom stereocenters. The molecule has 0 aromatic carbocycles. The largest absolute Gasteiger partial charge is 0.391 e. The third-order valence-corrected chi connectivity index (χ3v) is 1.69. The Balaban J connectivity index is 2.74. The molecule has 0 aliphatic heterocycles. The highest BCUT2D eigenvalue weighted by molar-refractivity contribution is 4.82. The molecule has 0 saturated heterocycles. The molecular weight excluding hydrogens is 199 g/mol. The maximum atomic E-state index is 12.0. The number of rotatable bonds is 3. The molecule has 1 unspecified atom stereocenters. The van der Waals surface area contributed by atoms with Crippen molar-refractivity contribution >= 4 is 0 Å². The average Bonchev–Trinajstić information content (AvgIpc) is 2.47. The number of hydrogen-bond donors (Lipinski definition) is 1. The second-order valence-electron chi connectivity index (χ2n) is 2.91. The summed E-state index contributed by atoms with van der Waals surface area (Å²) in [7, 11) is 0. The number of nitrogens with zero attached hydrogens (tertiary/aromatic N) is 4. The lowest BCUT2D eigenvalue weighted by atomic mass is 10.2. The summed E-state index contributed by atoms with van der Waals surface area (Å²) in [6, 6.07) is -0.830. The zero-order valence-electron chi connectivity index (χ0n) is 7.49. The second kappa shape index (κ2) is 3.91. The van der Waals surface area contributed by atoms with E-state index in [2.05, 4.69) is 15.5 Å². The number of nitrogens with two attached hydrogens (primary N) is 1. The molecule has 0 bridgehead atoms. The van der Waals surface area contributed by atoms with Crippen LogP contribution >= 0.6 is 0 Å². The predicted octanol–water partition coefficient (Wildman–Crippen LogP) is 0.645. The fourth-order valence-corrected chi connectivity index (χ4v) is 1.11. The lowest BCUT2D eigenvalue weighted by molar-refractivity contribution is -0.142. The van der Waals surface area contributed by atoms with E-state index >= 15 is 0 Å². The van der Waals surface area contributed by atoms with Crippen molar-refractivity contribution in [2.75, 3.05) is 0 Å². The van der Waals surface area contributed by atoms with Gasteiger partial charge in [0.05, 0.1) is 19.0 Å². The molecule has 0 aliphatic rings. The first-order valence-electron chi connectivity index (χ1n) is 3.97. The van der Waals surface area contributed by atoms with Gasteiger partial charge >= 0.3 is 6.18 Å². The van der Waals surface area contributed by atoms with Gasteiger partial charge in [-0.2, -0.15) is 13.2 Å². The van der Waals surface area contributed by atoms with Gasteiger partial charge in [-0.3, -0.25) is 0 Å². The van der Waals surface area contributed by atoms with E-state index in [4.69, 9.17) is 5.73 Å². The molecule has 0 spiro atoms. The lowest BCUT2D eigenvalue weighted by Gasteiger charge is -2.14. The summed E-state index contributed by atoms with van der Waals surface area (Å²) in [6.45, 7) is 1.41. The molecule has 80 valence electrons. The predicted molar refractivity (Wildman–Crippen MR) is 41.1 cm³/mol. The van der Waals surface area contributed by atoms with Crippen LogP contribution in [0.1, 0.15) is 25.2 Å². The van der Waals surface area contributed by atoms with E-state index in [-0.39, 0.29) is 12.4 Å². The minimum absolute atomic E-state index is 0.0230. The number of alkyl halides is 3. The van der Waals surface area contributed by atoms with E-state index in [0.29, 0.717) is 0 Å². The summed E-state index contributed by atoms with van der Waals surface area (Å²) in [6.07, 6.45) is -5.19. The first-order chi connectivity index (χ1) is 6.44. The van der Waals surface area contributed by atoms with Gasteiger partial charge in [0.1, 0.15) is 0 Å². The van der Waals surface area contributed by atoms with Crippen LogP contribution in [0, 0.1) is 0 Å². The van der Waals surface area contributed by atoms with Crippen molar-refractivity contribution < 1.29 is 13.2 Å². The van der Waals surface area contributed by atoms with Crippen LogP contribution in [-0.4, -0.2) is 26.4 Å². The Bertz CT molecular complexity index is 294. The van der Waals surface area contributed by atoms with Crippen LogP contribution in [0.15, 0.2) is 0 Å². The average molecular weight is 209 g/mol. The highest BCUT2D eigenvalue weighted by Crippen LogP contribution is 2.26. The van der Waals surface area contributed by atoms with E-state index in [1.54, 1.807) is 0 Å². The SMILES string of the molecule is CC(CC(F)(F)F)n1nnnc1CN. The van der Waals surface area contributed by atoms with Gasteiger partial charge in [0.2, 0.25) is 0 Å². The maximum Gasteiger partial charge on any atom is 0.391 e. The molecule has 1 heterocycles. The molecule has 0 aliphatic carbocycles. The zero-order valence-corrected chi connectivity index (χ0v) is 7.49. The van der Waals surface area contributed by atoms with E-state index in [9.17, 15) is 13.2 Å². The van der Waals surface area contributed by atoms with Crippen LogP contribution in [0.5, 0.6) is 0 Å². The Labute approximate surface area is 78.1 Å². The van der Waals surface area contributed by atoms with E-state index in [0.717, 1.165) is 4.68 Å². The number of tetrazole rings is 1. The molecule has 1 aromatic heterocycles. The van der Waals surface area contributed by atoms with Crippen LogP contribution in [0.25, 0.3) is 0 Å². The van der Waals surface area contributed by atoms with Gasteiger partial charge in [-0.1, -0.05) is 0 Å². The van der Waals surface area contributed by atoms with E-state index in [1.807, 2.05) is 0 Å². The van der Waals surface area contributed by atoms with Gasteiger partial charge in [0.25, 0.3) is 0 Å². The minimum atomic E-state index is -4.22. The maximum absolute atomic E-state index is 12.0. The topological polar surface area (TPSA) is 69.6 Å². The molecule has 14 heavy (non-hydrogen) atoms. The molecule has 0 saturated carbocycles. The smallest absolute Gasteiger partial charge is 0.324 e. The van der Waals surface area contributed by atoms with Crippen LogP contribution in [-0.2, 0) is 6.54 Å². The van der Waals surface area contributed by atoms with E-state index in [1.165, 1.54) is 6.92 Å². The Hall–Kier alpha value is -1.18. The highest BCUT2D eigenvalue weighted by Gasteiger charge is 2.31. The molecule has 2 N–H and O–H groups in total. The number of aromatic nitrogens is 4. The third kappa shape index (κ3) is 2.66. The van der Waals surface area contributed by atoms with Crippen molar-refractivity contribution in [1.29, 1.82) is 0 Å². The zero-order chi connectivity index (χ0) is 10.8. The Morgan fingerprint density at radius 3 is 2.64 bits per heavy atom. The fourth-order valence-electron chi connectivity index (χ4n) is 1.11. The van der Waals surface area contributed by atoms with Crippen LogP contribution in [0.2, 0.25) is 0 Å². The molecule has 0 radical (unpaired) electrons. The summed E-state index contributed by atoms with van der Waals surface area (Å²) in [5.41, 5.74) is 5.25. The van der Waals surface area contributed by atoms with Crippen molar-refractivity contribution in [1.82, 2.24) is 20.2 Å². The number of halogens is 3. The highest BCUT2D eigenvalue weighted by atomic mass is 19.4. The normalized spacial score (nSPS) is 14.4. The van der Waals surface area contributed by atoms with Gasteiger partial charge in [-0.05, 0) is 17.4 Å². The Morgan fingerprint density at radius 2 is 2.14 bits per heavy atom. The molecular formula is C6H10F3N5. The van der Waals surface area contributed by atoms with Crippen molar-refractivity contribution in [3.63, 3.8) is 0 Å². The summed E-state index contributed by atoms with van der Waals surface area (Å²) in [5.74, 6) is 0.252. The molecule has 1 aromatic rings. The van der Waals surface area contributed by atoms with Gasteiger partial charge < -0.3 is 5.73 Å². The van der Waals surface area contributed by atoms with Crippen molar-refractivity contribution in [3.8, 4) is 0 Å². The summed E-state index contributed by atoms with van der Waals surface area (Å²) >= 11 is 0. The monoisotopic (exact) mass is 209 g/mol. The third-order valence-electron chi connectivity index (χ3n) is 1.69.